The third-order valence-electron chi connectivity index (χ3n) is 2.05. The topological polar surface area (TPSA) is 63.3 Å². The molecule has 1 aliphatic carbocycles. The normalized spacial score (nSPS) is 29.5. The third-order valence-corrected chi connectivity index (χ3v) is 2.05. The van der Waals surface area contributed by atoms with Gasteiger partial charge in [0.2, 0.25) is 0 Å². The number of halogens is 1. The van der Waals surface area contributed by atoms with Crippen molar-refractivity contribution in [3.05, 3.63) is 0 Å². The maximum atomic E-state index is 10.2. The fourth-order valence-corrected chi connectivity index (χ4v) is 1.55. The molecule has 0 heterocycles. The van der Waals surface area contributed by atoms with Crippen LogP contribution in [0.2, 0.25) is 0 Å². The molecule has 3 nitrogen and oxygen atoms in total. The lowest BCUT2D eigenvalue weighted by atomic mass is 10.0. The molecule has 0 saturated heterocycles. The summed E-state index contributed by atoms with van der Waals surface area (Å²) in [5.74, 6) is -0.355. The van der Waals surface area contributed by atoms with Crippen LogP contribution in [0.1, 0.15) is 25.7 Å². The Bertz CT molecular complexity index is 140. The number of nitrogens with two attached hydrogens (primary N) is 1. The quantitative estimate of drug-likeness (QED) is 0.665. The molecule has 1 rings (SSSR count). The highest BCUT2D eigenvalue weighted by molar-refractivity contribution is 5.85. The predicted octanol–water partition coefficient (Wildman–Crippen LogP) is 1.01. The Morgan fingerprint density at radius 3 is 2.55 bits per heavy atom. The van der Waals surface area contributed by atoms with Gasteiger partial charge in [-0.05, 0) is 25.2 Å². The van der Waals surface area contributed by atoms with Crippen molar-refractivity contribution in [3.63, 3.8) is 0 Å². The molecule has 4 heteroatoms. The maximum absolute atomic E-state index is 10.2. The van der Waals surface area contributed by atoms with Crippen molar-refractivity contribution in [2.75, 3.05) is 0 Å². The summed E-state index contributed by atoms with van der Waals surface area (Å²) in [5.41, 5.74) is 5.61. The number of hydrogen-bond donors (Lipinski definition) is 2. The summed E-state index contributed by atoms with van der Waals surface area (Å²) in [6.45, 7) is 0. The van der Waals surface area contributed by atoms with Crippen LogP contribution in [0.4, 0.5) is 0 Å². The van der Waals surface area contributed by atoms with Gasteiger partial charge < -0.3 is 10.8 Å². The average molecular weight is 180 g/mol. The van der Waals surface area contributed by atoms with Gasteiger partial charge >= 0.3 is 5.97 Å². The second-order valence-corrected chi connectivity index (χ2v) is 3.04. The van der Waals surface area contributed by atoms with Crippen LogP contribution in [0.15, 0.2) is 0 Å². The van der Waals surface area contributed by atoms with E-state index in [-0.39, 0.29) is 18.4 Å². The smallest absolute Gasteiger partial charge is 0.303 e. The number of carboxylic acid groups (broad SMARTS) is 1. The number of aliphatic carboxylic acids is 1. The van der Waals surface area contributed by atoms with Gasteiger partial charge in [0.05, 0.1) is 0 Å². The van der Waals surface area contributed by atoms with E-state index < -0.39 is 5.97 Å². The molecule has 3 N–H and O–H groups in total. The molecule has 66 valence electrons. The SMILES string of the molecule is Cl.N[C@H]1CC[C@@H](CC(=O)O)C1. The van der Waals surface area contributed by atoms with Gasteiger partial charge in [-0.2, -0.15) is 0 Å². The highest BCUT2D eigenvalue weighted by Gasteiger charge is 2.23. The molecule has 0 amide bonds. The van der Waals surface area contributed by atoms with Crippen LogP contribution in [-0.4, -0.2) is 17.1 Å². The molecule has 0 aromatic heterocycles. The van der Waals surface area contributed by atoms with Crippen LogP contribution in [0.5, 0.6) is 0 Å². The summed E-state index contributed by atoms with van der Waals surface area (Å²) in [6.07, 6.45) is 3.19. The first kappa shape index (κ1) is 10.7. The summed E-state index contributed by atoms with van der Waals surface area (Å²) in [7, 11) is 0. The van der Waals surface area contributed by atoms with Gasteiger partial charge in [0.1, 0.15) is 0 Å². The van der Waals surface area contributed by atoms with E-state index in [2.05, 4.69) is 0 Å². The molecule has 11 heavy (non-hydrogen) atoms. The molecule has 0 spiro atoms. The lowest BCUT2D eigenvalue weighted by molar-refractivity contribution is -0.138. The molecule has 0 aromatic carbocycles. The Morgan fingerprint density at radius 2 is 2.18 bits per heavy atom. The molecular weight excluding hydrogens is 166 g/mol. The van der Waals surface area contributed by atoms with Gasteiger partial charge in [-0.15, -0.1) is 12.4 Å². The molecule has 0 aliphatic heterocycles. The highest BCUT2D eigenvalue weighted by atomic mass is 35.5. The first-order valence-electron chi connectivity index (χ1n) is 3.66. The zero-order chi connectivity index (χ0) is 7.56. The van der Waals surface area contributed by atoms with E-state index >= 15 is 0 Å². The molecule has 0 unspecified atom stereocenters. The number of rotatable bonds is 2. The average Bonchev–Trinajstić information content (AvgIpc) is 2.13. The van der Waals surface area contributed by atoms with Crippen molar-refractivity contribution in [2.24, 2.45) is 11.7 Å². The van der Waals surface area contributed by atoms with Crippen molar-refractivity contribution in [1.29, 1.82) is 0 Å². The predicted molar refractivity (Wildman–Crippen MR) is 44.8 cm³/mol. The van der Waals surface area contributed by atoms with E-state index in [1.165, 1.54) is 0 Å². The Balaban J connectivity index is 0.000001000. The second kappa shape index (κ2) is 4.57. The van der Waals surface area contributed by atoms with E-state index in [0.717, 1.165) is 19.3 Å². The second-order valence-electron chi connectivity index (χ2n) is 3.04. The lowest BCUT2D eigenvalue weighted by Gasteiger charge is -2.03. The van der Waals surface area contributed by atoms with E-state index in [1.807, 2.05) is 0 Å². The number of carbonyl (C=O) groups is 1. The van der Waals surface area contributed by atoms with Crippen molar-refractivity contribution in [2.45, 2.75) is 31.7 Å². The first-order valence-corrected chi connectivity index (χ1v) is 3.66. The summed E-state index contributed by atoms with van der Waals surface area (Å²) < 4.78 is 0. The van der Waals surface area contributed by atoms with E-state index in [9.17, 15) is 4.79 Å². The molecule has 2 atom stereocenters. The summed E-state index contributed by atoms with van der Waals surface area (Å²) in [5, 5.41) is 8.42. The molecule has 0 bridgehead atoms. The van der Waals surface area contributed by atoms with Crippen molar-refractivity contribution in [1.82, 2.24) is 0 Å². The van der Waals surface area contributed by atoms with Crippen LogP contribution in [0.25, 0.3) is 0 Å². The van der Waals surface area contributed by atoms with Crippen LogP contribution in [0, 0.1) is 5.92 Å². The fraction of sp³-hybridized carbons (Fsp3) is 0.857. The van der Waals surface area contributed by atoms with Crippen LogP contribution in [-0.2, 0) is 4.79 Å². The summed E-state index contributed by atoms with van der Waals surface area (Å²) in [6, 6.07) is 0.254. The minimum absolute atomic E-state index is 0. The number of carboxylic acids is 1. The summed E-state index contributed by atoms with van der Waals surface area (Å²) in [4.78, 5) is 10.2. The Hall–Kier alpha value is -0.280. The van der Waals surface area contributed by atoms with Crippen molar-refractivity contribution >= 4 is 18.4 Å². The van der Waals surface area contributed by atoms with Crippen molar-refractivity contribution < 1.29 is 9.90 Å². The Morgan fingerprint density at radius 1 is 1.55 bits per heavy atom. The first-order chi connectivity index (χ1) is 4.68. The standard InChI is InChI=1S/C7H13NO2.ClH/c8-6-2-1-5(3-6)4-7(9)10;/h5-6H,1-4,8H2,(H,9,10);1H/t5-,6+;/m1./s1. The van der Waals surface area contributed by atoms with E-state index in [0.29, 0.717) is 12.3 Å². The molecular formula is C7H14ClNO2. The van der Waals surface area contributed by atoms with Crippen LogP contribution in [0.3, 0.4) is 0 Å². The zero-order valence-corrected chi connectivity index (χ0v) is 7.14. The molecule has 1 aliphatic rings. The third kappa shape index (κ3) is 3.58. The van der Waals surface area contributed by atoms with E-state index in [4.69, 9.17) is 10.8 Å². The minimum atomic E-state index is -0.695. The number of hydrogen-bond acceptors (Lipinski definition) is 2. The van der Waals surface area contributed by atoms with E-state index in [1.54, 1.807) is 0 Å². The van der Waals surface area contributed by atoms with Crippen LogP contribution < -0.4 is 5.73 Å². The van der Waals surface area contributed by atoms with Crippen LogP contribution >= 0.6 is 12.4 Å². The summed E-state index contributed by atoms with van der Waals surface area (Å²) >= 11 is 0. The molecule has 0 aromatic rings. The molecule has 1 saturated carbocycles. The highest BCUT2D eigenvalue weighted by Crippen LogP contribution is 2.26. The fourth-order valence-electron chi connectivity index (χ4n) is 1.55. The molecule has 0 radical (unpaired) electrons. The minimum Gasteiger partial charge on any atom is -0.481 e. The van der Waals surface area contributed by atoms with Gasteiger partial charge in [-0.1, -0.05) is 0 Å². The Labute approximate surface area is 72.4 Å². The monoisotopic (exact) mass is 179 g/mol. The van der Waals surface area contributed by atoms with Gasteiger partial charge in [0.25, 0.3) is 0 Å². The van der Waals surface area contributed by atoms with Gasteiger partial charge in [0, 0.05) is 12.5 Å². The lowest BCUT2D eigenvalue weighted by Crippen LogP contribution is -2.15. The Kier molecular flexibility index (Phi) is 4.45. The van der Waals surface area contributed by atoms with Crippen molar-refractivity contribution in [3.8, 4) is 0 Å². The zero-order valence-electron chi connectivity index (χ0n) is 6.32. The maximum Gasteiger partial charge on any atom is 0.303 e. The largest absolute Gasteiger partial charge is 0.481 e. The van der Waals surface area contributed by atoms with Gasteiger partial charge in [-0.3, -0.25) is 4.79 Å². The molecule has 1 fully saturated rings. The van der Waals surface area contributed by atoms with Gasteiger partial charge in [0.15, 0.2) is 0 Å². The van der Waals surface area contributed by atoms with Gasteiger partial charge in [-0.25, -0.2) is 0 Å².